The minimum Gasteiger partial charge on any atom is -0.490 e. The first kappa shape index (κ1) is 19.1. The lowest BCUT2D eigenvalue weighted by atomic mass is 10.1. The molecule has 0 heterocycles. The summed E-state index contributed by atoms with van der Waals surface area (Å²) in [5.41, 5.74) is 0.436. The van der Waals surface area contributed by atoms with Crippen LogP contribution in [-0.2, 0) is 0 Å². The van der Waals surface area contributed by atoms with E-state index in [1.54, 1.807) is 19.1 Å². The first-order chi connectivity index (χ1) is 12.3. The van der Waals surface area contributed by atoms with Crippen molar-refractivity contribution < 1.29 is 28.0 Å². The molecule has 0 aliphatic heterocycles. The number of rotatable bonds is 7. The van der Waals surface area contributed by atoms with E-state index in [0.717, 1.165) is 6.07 Å². The van der Waals surface area contributed by atoms with Crippen molar-refractivity contribution in [2.45, 2.75) is 19.6 Å². The molecular weight excluding hydrogens is 350 g/mol. The fraction of sp³-hybridized carbons (Fsp3) is 0.235. The van der Waals surface area contributed by atoms with Gasteiger partial charge in [-0.05, 0) is 36.8 Å². The molecule has 0 aliphatic rings. The molecule has 0 unspecified atom stereocenters. The molecule has 138 valence electrons. The predicted molar refractivity (Wildman–Crippen MR) is 88.6 cm³/mol. The molecule has 0 saturated heterocycles. The lowest BCUT2D eigenvalue weighted by molar-refractivity contribution is -0.385. The van der Waals surface area contributed by atoms with Crippen LogP contribution in [-0.4, -0.2) is 24.6 Å². The van der Waals surface area contributed by atoms with Crippen LogP contribution >= 0.6 is 0 Å². The molecule has 9 heteroatoms. The van der Waals surface area contributed by atoms with Crippen LogP contribution in [0.15, 0.2) is 42.5 Å². The highest BCUT2D eigenvalue weighted by Gasteiger charge is 2.19. The Labute approximate surface area is 147 Å². The summed E-state index contributed by atoms with van der Waals surface area (Å²) in [7, 11) is 1.30. The third-order valence-corrected chi connectivity index (χ3v) is 3.59. The van der Waals surface area contributed by atoms with Gasteiger partial charge in [0.15, 0.2) is 5.75 Å². The number of benzene rings is 2. The molecule has 0 fully saturated rings. The van der Waals surface area contributed by atoms with Crippen LogP contribution in [0.4, 0.5) is 14.5 Å². The summed E-state index contributed by atoms with van der Waals surface area (Å²) in [6, 6.07) is 9.23. The second-order valence-electron chi connectivity index (χ2n) is 5.29. The third-order valence-electron chi connectivity index (χ3n) is 3.59. The van der Waals surface area contributed by atoms with Crippen LogP contribution < -0.4 is 14.8 Å². The topological polar surface area (TPSA) is 90.7 Å². The molecule has 0 saturated carbocycles. The van der Waals surface area contributed by atoms with Crippen molar-refractivity contribution in [1.29, 1.82) is 0 Å². The van der Waals surface area contributed by atoms with Crippen LogP contribution in [0.2, 0.25) is 0 Å². The van der Waals surface area contributed by atoms with E-state index in [-0.39, 0.29) is 22.7 Å². The number of nitrogens with one attached hydrogen (secondary N) is 1. The van der Waals surface area contributed by atoms with Gasteiger partial charge < -0.3 is 14.8 Å². The van der Waals surface area contributed by atoms with Gasteiger partial charge in [-0.3, -0.25) is 14.9 Å². The molecule has 1 N–H and O–H groups in total. The number of hydrogen-bond acceptors (Lipinski definition) is 5. The monoisotopic (exact) mass is 366 g/mol. The van der Waals surface area contributed by atoms with Crippen LogP contribution in [0.1, 0.15) is 28.9 Å². The number of carbonyl (C=O) groups excluding carboxylic acids is 1. The van der Waals surface area contributed by atoms with Crippen molar-refractivity contribution in [2.24, 2.45) is 0 Å². The van der Waals surface area contributed by atoms with Crippen molar-refractivity contribution in [2.75, 3.05) is 7.11 Å². The Morgan fingerprint density at radius 3 is 2.38 bits per heavy atom. The van der Waals surface area contributed by atoms with Crippen LogP contribution in [0, 0.1) is 10.1 Å². The maximum absolute atomic E-state index is 12.3. The quantitative estimate of drug-likeness (QED) is 0.596. The summed E-state index contributed by atoms with van der Waals surface area (Å²) in [5.74, 6) is -0.460. The van der Waals surface area contributed by atoms with Gasteiger partial charge in [-0.15, -0.1) is 0 Å². The molecule has 1 atom stereocenters. The van der Waals surface area contributed by atoms with E-state index >= 15 is 0 Å². The highest BCUT2D eigenvalue weighted by molar-refractivity contribution is 5.95. The molecule has 0 spiro atoms. The fourth-order valence-electron chi connectivity index (χ4n) is 2.28. The van der Waals surface area contributed by atoms with Gasteiger partial charge in [0.1, 0.15) is 5.75 Å². The second kappa shape index (κ2) is 8.24. The van der Waals surface area contributed by atoms with Gasteiger partial charge in [-0.1, -0.05) is 12.1 Å². The van der Waals surface area contributed by atoms with Crippen molar-refractivity contribution >= 4 is 11.6 Å². The van der Waals surface area contributed by atoms with Crippen molar-refractivity contribution in [3.63, 3.8) is 0 Å². The maximum atomic E-state index is 12.3. The number of alkyl halides is 2. The van der Waals surface area contributed by atoms with Crippen LogP contribution in [0.3, 0.4) is 0 Å². The smallest absolute Gasteiger partial charge is 0.387 e. The Morgan fingerprint density at radius 2 is 1.85 bits per heavy atom. The molecule has 2 aromatic rings. The molecule has 1 amide bonds. The Hall–Kier alpha value is -3.23. The number of amides is 1. The average molecular weight is 366 g/mol. The normalized spacial score (nSPS) is 11.7. The number of methoxy groups -OCH3 is 1. The van der Waals surface area contributed by atoms with Crippen molar-refractivity contribution in [3.8, 4) is 11.5 Å². The Kier molecular flexibility index (Phi) is 6.05. The number of nitro groups is 1. The van der Waals surface area contributed by atoms with E-state index in [2.05, 4.69) is 10.1 Å². The second-order valence-corrected chi connectivity index (χ2v) is 5.29. The average Bonchev–Trinajstić information content (AvgIpc) is 2.61. The van der Waals surface area contributed by atoms with Gasteiger partial charge in [0.25, 0.3) is 5.91 Å². The SMILES string of the molecule is COc1ccc(C(=O)N[C@H](C)c2ccc(OC(F)F)cc2)cc1[N+](=O)[O-]. The van der Waals surface area contributed by atoms with Crippen molar-refractivity contribution in [3.05, 3.63) is 63.7 Å². The lowest BCUT2D eigenvalue weighted by Crippen LogP contribution is -2.26. The predicted octanol–water partition coefficient (Wildman–Crippen LogP) is 3.70. The summed E-state index contributed by atoms with van der Waals surface area (Å²) >= 11 is 0. The minimum absolute atomic E-state index is 0.00746. The molecule has 26 heavy (non-hydrogen) atoms. The van der Waals surface area contributed by atoms with E-state index in [1.807, 2.05) is 0 Å². The summed E-state index contributed by atoms with van der Waals surface area (Å²) in [6.45, 7) is -1.22. The van der Waals surface area contributed by atoms with Gasteiger partial charge in [-0.25, -0.2) is 0 Å². The number of carbonyl (C=O) groups is 1. The van der Waals surface area contributed by atoms with E-state index in [4.69, 9.17) is 4.74 Å². The molecule has 0 bridgehead atoms. The standard InChI is InChI=1S/C17H16F2N2O5/c1-10(11-3-6-13(7-4-11)26-17(18)19)20-16(22)12-5-8-15(25-2)14(9-12)21(23)24/h3-10,17H,1-2H3,(H,20,22)/t10-/m1/s1. The summed E-state index contributed by atoms with van der Waals surface area (Å²) in [6.07, 6.45) is 0. The molecule has 0 radical (unpaired) electrons. The lowest BCUT2D eigenvalue weighted by Gasteiger charge is -2.15. The molecule has 2 rings (SSSR count). The van der Waals surface area contributed by atoms with Gasteiger partial charge >= 0.3 is 12.3 Å². The zero-order chi connectivity index (χ0) is 19.3. The highest BCUT2D eigenvalue weighted by Crippen LogP contribution is 2.28. The maximum Gasteiger partial charge on any atom is 0.387 e. The van der Waals surface area contributed by atoms with Crippen LogP contribution in [0.5, 0.6) is 11.5 Å². The Morgan fingerprint density at radius 1 is 1.19 bits per heavy atom. The number of ether oxygens (including phenoxy) is 2. The zero-order valence-corrected chi connectivity index (χ0v) is 13.9. The summed E-state index contributed by atoms with van der Waals surface area (Å²) < 4.78 is 33.4. The van der Waals surface area contributed by atoms with Gasteiger partial charge in [0.05, 0.1) is 18.1 Å². The zero-order valence-electron chi connectivity index (χ0n) is 13.9. The number of halogens is 2. The minimum atomic E-state index is -2.91. The van der Waals surface area contributed by atoms with E-state index < -0.39 is 23.5 Å². The first-order valence-corrected chi connectivity index (χ1v) is 7.50. The van der Waals surface area contributed by atoms with Crippen molar-refractivity contribution in [1.82, 2.24) is 5.32 Å². The van der Waals surface area contributed by atoms with Crippen LogP contribution in [0.25, 0.3) is 0 Å². The van der Waals surface area contributed by atoms with Gasteiger partial charge in [0.2, 0.25) is 0 Å². The van der Waals surface area contributed by atoms with E-state index in [0.29, 0.717) is 5.56 Å². The number of hydrogen-bond donors (Lipinski definition) is 1. The molecule has 2 aromatic carbocycles. The molecule has 0 aliphatic carbocycles. The van der Waals surface area contributed by atoms with Gasteiger partial charge in [-0.2, -0.15) is 8.78 Å². The summed E-state index contributed by atoms with van der Waals surface area (Å²) in [4.78, 5) is 22.7. The largest absolute Gasteiger partial charge is 0.490 e. The number of nitrogens with zero attached hydrogens (tertiary/aromatic N) is 1. The van der Waals surface area contributed by atoms with E-state index in [1.165, 1.54) is 31.4 Å². The molecule has 7 nitrogen and oxygen atoms in total. The highest BCUT2D eigenvalue weighted by atomic mass is 19.3. The van der Waals surface area contributed by atoms with E-state index in [9.17, 15) is 23.7 Å². The number of nitro benzene ring substituents is 1. The molecular formula is C17H16F2N2O5. The first-order valence-electron chi connectivity index (χ1n) is 7.50. The Bertz CT molecular complexity index is 796. The fourth-order valence-corrected chi connectivity index (χ4v) is 2.28. The molecule has 0 aromatic heterocycles. The summed E-state index contributed by atoms with van der Waals surface area (Å²) in [5, 5.41) is 13.7. The Balaban J connectivity index is 2.11. The third kappa shape index (κ3) is 4.65. The van der Waals surface area contributed by atoms with Gasteiger partial charge in [0, 0.05) is 11.6 Å².